The molecule has 1 aromatic heterocycles. The normalized spacial score (nSPS) is 16.9. The van der Waals surface area contributed by atoms with E-state index in [1.807, 2.05) is 6.92 Å². The summed E-state index contributed by atoms with van der Waals surface area (Å²) >= 11 is 0. The number of nitrogens with zero attached hydrogens (tertiary/aromatic N) is 2. The molecule has 5 nitrogen and oxygen atoms in total. The van der Waals surface area contributed by atoms with Crippen LogP contribution in [-0.4, -0.2) is 30.2 Å². The van der Waals surface area contributed by atoms with Gasteiger partial charge < -0.3 is 15.8 Å². The summed E-state index contributed by atoms with van der Waals surface area (Å²) in [4.78, 5) is 8.25. The molecule has 1 aliphatic carbocycles. The predicted molar refractivity (Wildman–Crippen MR) is 62.5 cm³/mol. The minimum absolute atomic E-state index is 0.296. The van der Waals surface area contributed by atoms with Crippen molar-refractivity contribution < 1.29 is 4.74 Å². The van der Waals surface area contributed by atoms with E-state index >= 15 is 0 Å². The number of hydrogen-bond donors (Lipinski definition) is 2. The lowest BCUT2D eigenvalue weighted by atomic mass is 10.1. The molecule has 88 valence electrons. The fraction of sp³-hybridized carbons (Fsp3) is 0.636. The van der Waals surface area contributed by atoms with E-state index in [4.69, 9.17) is 10.5 Å². The van der Waals surface area contributed by atoms with Gasteiger partial charge in [0.05, 0.1) is 12.7 Å². The Bertz CT molecular complexity index is 376. The predicted octanol–water partition coefficient (Wildman–Crippen LogP) is 0.944. The second kappa shape index (κ2) is 4.25. The van der Waals surface area contributed by atoms with Crippen LogP contribution in [-0.2, 0) is 0 Å². The topological polar surface area (TPSA) is 73.1 Å². The van der Waals surface area contributed by atoms with Crippen LogP contribution in [0.25, 0.3) is 0 Å². The molecule has 0 aromatic carbocycles. The van der Waals surface area contributed by atoms with Gasteiger partial charge in [-0.2, -0.15) is 0 Å². The van der Waals surface area contributed by atoms with Crippen molar-refractivity contribution >= 4 is 5.82 Å². The Hall–Kier alpha value is -1.36. The van der Waals surface area contributed by atoms with Gasteiger partial charge in [-0.3, -0.25) is 0 Å². The number of aromatic nitrogens is 2. The molecule has 0 radical (unpaired) electrons. The lowest BCUT2D eigenvalue weighted by molar-refractivity contribution is 0.393. The smallest absolute Gasteiger partial charge is 0.221 e. The van der Waals surface area contributed by atoms with Crippen LogP contribution in [0.4, 0.5) is 5.82 Å². The number of nitrogens with one attached hydrogen (secondary N) is 1. The molecule has 0 atom stereocenters. The van der Waals surface area contributed by atoms with Crippen molar-refractivity contribution in [3.63, 3.8) is 0 Å². The summed E-state index contributed by atoms with van der Waals surface area (Å²) < 4.78 is 5.14. The van der Waals surface area contributed by atoms with Gasteiger partial charge in [-0.05, 0) is 31.7 Å². The van der Waals surface area contributed by atoms with Crippen LogP contribution in [0.2, 0.25) is 0 Å². The summed E-state index contributed by atoms with van der Waals surface area (Å²) in [5.41, 5.74) is 6.97. The maximum Gasteiger partial charge on any atom is 0.221 e. The average Bonchev–Trinajstić information content (AvgIpc) is 3.08. The Morgan fingerprint density at radius 2 is 2.25 bits per heavy atom. The van der Waals surface area contributed by atoms with E-state index in [-0.39, 0.29) is 0 Å². The van der Waals surface area contributed by atoms with Gasteiger partial charge in [0.2, 0.25) is 5.88 Å². The first-order valence-corrected chi connectivity index (χ1v) is 5.50. The average molecular weight is 222 g/mol. The van der Waals surface area contributed by atoms with Crippen LogP contribution in [0.15, 0.2) is 6.33 Å². The van der Waals surface area contributed by atoms with Gasteiger partial charge in [0.15, 0.2) is 0 Å². The van der Waals surface area contributed by atoms with E-state index in [2.05, 4.69) is 15.3 Å². The molecular weight excluding hydrogens is 204 g/mol. The first-order valence-electron chi connectivity index (χ1n) is 5.50. The van der Waals surface area contributed by atoms with Gasteiger partial charge >= 0.3 is 0 Å². The highest BCUT2D eigenvalue weighted by Gasteiger charge is 2.40. The molecule has 0 saturated heterocycles. The van der Waals surface area contributed by atoms with Crippen molar-refractivity contribution in [1.29, 1.82) is 0 Å². The molecule has 16 heavy (non-hydrogen) atoms. The Balaban J connectivity index is 2.04. The van der Waals surface area contributed by atoms with Crippen molar-refractivity contribution in [2.45, 2.75) is 19.8 Å². The zero-order valence-electron chi connectivity index (χ0n) is 9.79. The molecule has 1 aliphatic rings. The second-order valence-corrected chi connectivity index (χ2v) is 4.41. The van der Waals surface area contributed by atoms with Crippen LogP contribution in [0.1, 0.15) is 18.4 Å². The molecule has 0 unspecified atom stereocenters. The molecule has 1 saturated carbocycles. The van der Waals surface area contributed by atoms with Crippen LogP contribution >= 0.6 is 0 Å². The Labute approximate surface area is 95.4 Å². The number of methoxy groups -OCH3 is 1. The SMILES string of the molecule is COc1ncnc(NCC2(CN)CC2)c1C. The van der Waals surface area contributed by atoms with E-state index in [1.54, 1.807) is 7.11 Å². The Morgan fingerprint density at radius 3 is 2.81 bits per heavy atom. The molecule has 0 amide bonds. The van der Waals surface area contributed by atoms with Gasteiger partial charge in [-0.15, -0.1) is 0 Å². The molecule has 0 aliphatic heterocycles. The zero-order chi connectivity index (χ0) is 11.6. The number of nitrogens with two attached hydrogens (primary N) is 1. The van der Waals surface area contributed by atoms with Crippen LogP contribution in [0.5, 0.6) is 5.88 Å². The number of ether oxygens (including phenoxy) is 1. The fourth-order valence-electron chi connectivity index (χ4n) is 1.72. The van der Waals surface area contributed by atoms with Crippen molar-refractivity contribution in [2.75, 3.05) is 25.5 Å². The molecule has 3 N–H and O–H groups in total. The maximum absolute atomic E-state index is 5.73. The van der Waals surface area contributed by atoms with Crippen LogP contribution in [0.3, 0.4) is 0 Å². The quantitative estimate of drug-likeness (QED) is 0.775. The Morgan fingerprint density at radius 1 is 1.50 bits per heavy atom. The third-order valence-corrected chi connectivity index (χ3v) is 3.25. The highest BCUT2D eigenvalue weighted by molar-refractivity contribution is 5.47. The second-order valence-electron chi connectivity index (χ2n) is 4.41. The highest BCUT2D eigenvalue weighted by atomic mass is 16.5. The lowest BCUT2D eigenvalue weighted by Gasteiger charge is -2.15. The molecule has 1 fully saturated rings. The third-order valence-electron chi connectivity index (χ3n) is 3.25. The molecule has 0 bridgehead atoms. The van der Waals surface area contributed by atoms with E-state index in [0.29, 0.717) is 11.3 Å². The summed E-state index contributed by atoms with van der Waals surface area (Å²) in [5, 5.41) is 3.33. The minimum Gasteiger partial charge on any atom is -0.481 e. The summed E-state index contributed by atoms with van der Waals surface area (Å²) in [6.45, 7) is 3.56. The number of rotatable bonds is 5. The third kappa shape index (κ3) is 2.09. The van der Waals surface area contributed by atoms with Crippen LogP contribution in [0, 0.1) is 12.3 Å². The zero-order valence-corrected chi connectivity index (χ0v) is 9.79. The van der Waals surface area contributed by atoms with Gasteiger partial charge in [0.25, 0.3) is 0 Å². The van der Waals surface area contributed by atoms with E-state index in [0.717, 1.165) is 24.5 Å². The van der Waals surface area contributed by atoms with E-state index in [9.17, 15) is 0 Å². The summed E-state index contributed by atoms with van der Waals surface area (Å²) in [5.74, 6) is 1.46. The van der Waals surface area contributed by atoms with Crippen LogP contribution < -0.4 is 15.8 Å². The Kier molecular flexibility index (Phi) is 2.96. The summed E-state index contributed by atoms with van der Waals surface area (Å²) in [7, 11) is 1.61. The molecular formula is C11H18N4O. The molecule has 5 heteroatoms. The molecule has 1 heterocycles. The van der Waals surface area contributed by atoms with Gasteiger partial charge in [-0.1, -0.05) is 0 Å². The van der Waals surface area contributed by atoms with Crippen molar-refractivity contribution in [1.82, 2.24) is 9.97 Å². The van der Waals surface area contributed by atoms with E-state index in [1.165, 1.54) is 19.2 Å². The standard InChI is InChI=1S/C11H18N4O/c1-8-9(14-7-15-10(8)16-2)13-6-11(5-12)3-4-11/h7H,3-6,12H2,1-2H3,(H,13,14,15). The monoisotopic (exact) mass is 222 g/mol. The molecule has 2 rings (SSSR count). The first-order chi connectivity index (χ1) is 7.71. The van der Waals surface area contributed by atoms with Gasteiger partial charge in [-0.25, -0.2) is 9.97 Å². The van der Waals surface area contributed by atoms with Gasteiger partial charge in [0.1, 0.15) is 12.1 Å². The largest absolute Gasteiger partial charge is 0.481 e. The molecule has 0 spiro atoms. The maximum atomic E-state index is 5.73. The lowest BCUT2D eigenvalue weighted by Crippen LogP contribution is -2.24. The molecule has 1 aromatic rings. The highest BCUT2D eigenvalue weighted by Crippen LogP contribution is 2.44. The number of anilines is 1. The number of hydrogen-bond acceptors (Lipinski definition) is 5. The van der Waals surface area contributed by atoms with Crippen molar-refractivity contribution in [3.05, 3.63) is 11.9 Å². The van der Waals surface area contributed by atoms with Gasteiger partial charge in [0, 0.05) is 6.54 Å². The fourth-order valence-corrected chi connectivity index (χ4v) is 1.72. The van der Waals surface area contributed by atoms with Crippen molar-refractivity contribution in [3.8, 4) is 5.88 Å². The van der Waals surface area contributed by atoms with Crippen molar-refractivity contribution in [2.24, 2.45) is 11.1 Å². The van der Waals surface area contributed by atoms with E-state index < -0.39 is 0 Å². The first kappa shape index (κ1) is 11.1. The summed E-state index contributed by atoms with van der Waals surface area (Å²) in [6.07, 6.45) is 3.92. The minimum atomic E-state index is 0.296. The summed E-state index contributed by atoms with van der Waals surface area (Å²) in [6, 6.07) is 0.